The molecule has 14 heavy (non-hydrogen) atoms. The molecule has 0 aliphatic carbocycles. The topological polar surface area (TPSA) is 55.1 Å². The van der Waals surface area contributed by atoms with Crippen LogP contribution in [0.5, 0.6) is 0 Å². The average molecular weight is 218 g/mol. The predicted molar refractivity (Wildman–Crippen MR) is 63.4 cm³/mol. The van der Waals surface area contributed by atoms with Gasteiger partial charge in [-0.1, -0.05) is 13.8 Å². The van der Waals surface area contributed by atoms with Gasteiger partial charge in [-0.3, -0.25) is 4.79 Å². The first kappa shape index (κ1) is 13.8. The molecule has 0 fully saturated rings. The Balaban J connectivity index is 4.04. The zero-order valence-electron chi connectivity index (χ0n) is 9.54. The average Bonchev–Trinajstić information content (AvgIpc) is 2.04. The highest BCUT2D eigenvalue weighted by Gasteiger charge is 2.21. The Hall–Kier alpha value is -0.220. The second-order valence-corrected chi connectivity index (χ2v) is 4.86. The highest BCUT2D eigenvalue weighted by Crippen LogP contribution is 2.09. The fraction of sp³-hybridized carbons (Fsp3) is 0.900. The number of thioether (sulfide) groups is 1. The van der Waals surface area contributed by atoms with Gasteiger partial charge in [0.25, 0.3) is 0 Å². The highest BCUT2D eigenvalue weighted by molar-refractivity contribution is 7.98. The van der Waals surface area contributed by atoms with Crippen molar-refractivity contribution in [3.63, 3.8) is 0 Å². The third-order valence-corrected chi connectivity index (χ3v) is 3.03. The minimum Gasteiger partial charge on any atom is -0.353 e. The molecule has 0 spiro atoms. The third-order valence-electron chi connectivity index (χ3n) is 2.20. The molecule has 3 N–H and O–H groups in total. The van der Waals surface area contributed by atoms with Gasteiger partial charge in [0, 0.05) is 18.3 Å². The van der Waals surface area contributed by atoms with Crippen molar-refractivity contribution in [1.29, 1.82) is 0 Å². The van der Waals surface area contributed by atoms with E-state index in [9.17, 15) is 4.79 Å². The minimum absolute atomic E-state index is 0.0562. The van der Waals surface area contributed by atoms with E-state index in [1.165, 1.54) is 0 Å². The van der Waals surface area contributed by atoms with Gasteiger partial charge in [0.2, 0.25) is 5.91 Å². The van der Waals surface area contributed by atoms with E-state index in [1.807, 2.05) is 27.0 Å². The van der Waals surface area contributed by atoms with Gasteiger partial charge >= 0.3 is 0 Å². The van der Waals surface area contributed by atoms with Crippen molar-refractivity contribution in [3.8, 4) is 0 Å². The molecule has 3 nitrogen and oxygen atoms in total. The van der Waals surface area contributed by atoms with Crippen LogP contribution in [0.25, 0.3) is 0 Å². The Morgan fingerprint density at radius 2 is 2.00 bits per heavy atom. The summed E-state index contributed by atoms with van der Waals surface area (Å²) in [5.41, 5.74) is 5.56. The van der Waals surface area contributed by atoms with Gasteiger partial charge in [-0.25, -0.2) is 0 Å². The van der Waals surface area contributed by atoms with Crippen LogP contribution in [0, 0.1) is 11.8 Å². The van der Waals surface area contributed by atoms with Crippen molar-refractivity contribution >= 4 is 17.7 Å². The van der Waals surface area contributed by atoms with E-state index in [0.29, 0.717) is 12.5 Å². The van der Waals surface area contributed by atoms with Crippen LogP contribution < -0.4 is 11.1 Å². The monoisotopic (exact) mass is 218 g/mol. The van der Waals surface area contributed by atoms with Gasteiger partial charge in [-0.15, -0.1) is 0 Å². The lowest BCUT2D eigenvalue weighted by Gasteiger charge is -2.21. The molecule has 2 unspecified atom stereocenters. The smallest absolute Gasteiger partial charge is 0.224 e. The van der Waals surface area contributed by atoms with E-state index in [1.54, 1.807) is 11.8 Å². The molecule has 0 radical (unpaired) electrons. The Morgan fingerprint density at radius 1 is 1.43 bits per heavy atom. The lowest BCUT2D eigenvalue weighted by atomic mass is 9.95. The summed E-state index contributed by atoms with van der Waals surface area (Å²) in [6.07, 6.45) is 2.03. The number of carbonyl (C=O) groups excluding carboxylic acids is 1. The number of hydrogen-bond donors (Lipinski definition) is 2. The number of amides is 1. The minimum atomic E-state index is -0.0562. The fourth-order valence-electron chi connectivity index (χ4n) is 1.32. The van der Waals surface area contributed by atoms with Gasteiger partial charge in [0.05, 0.1) is 5.92 Å². The van der Waals surface area contributed by atoms with Crippen molar-refractivity contribution in [1.82, 2.24) is 5.32 Å². The molecule has 2 atom stereocenters. The molecule has 4 heteroatoms. The van der Waals surface area contributed by atoms with Gasteiger partial charge < -0.3 is 11.1 Å². The van der Waals surface area contributed by atoms with Crippen LogP contribution in [0.4, 0.5) is 0 Å². The molecule has 84 valence electrons. The van der Waals surface area contributed by atoms with Crippen molar-refractivity contribution < 1.29 is 4.79 Å². The van der Waals surface area contributed by atoms with Crippen molar-refractivity contribution in [2.45, 2.75) is 26.8 Å². The van der Waals surface area contributed by atoms with Crippen LogP contribution in [-0.2, 0) is 4.79 Å². The molecule has 0 saturated heterocycles. The van der Waals surface area contributed by atoms with Crippen LogP contribution in [0.3, 0.4) is 0 Å². The third kappa shape index (κ3) is 4.86. The van der Waals surface area contributed by atoms with Gasteiger partial charge in [0.1, 0.15) is 0 Å². The van der Waals surface area contributed by atoms with E-state index >= 15 is 0 Å². The lowest BCUT2D eigenvalue weighted by molar-refractivity contribution is -0.126. The zero-order valence-corrected chi connectivity index (χ0v) is 10.4. The second kappa shape index (κ2) is 7.12. The maximum absolute atomic E-state index is 11.7. The molecular weight excluding hydrogens is 196 g/mol. The quantitative estimate of drug-likeness (QED) is 0.701. The predicted octanol–water partition coefficient (Wildman–Crippen LogP) is 1.08. The van der Waals surface area contributed by atoms with Gasteiger partial charge in [-0.2, -0.15) is 11.8 Å². The molecule has 0 bridgehead atoms. The van der Waals surface area contributed by atoms with E-state index in [0.717, 1.165) is 5.75 Å². The van der Waals surface area contributed by atoms with E-state index < -0.39 is 0 Å². The largest absolute Gasteiger partial charge is 0.353 e. The summed E-state index contributed by atoms with van der Waals surface area (Å²) < 4.78 is 0. The van der Waals surface area contributed by atoms with E-state index in [2.05, 4.69) is 5.32 Å². The van der Waals surface area contributed by atoms with Crippen LogP contribution in [0.1, 0.15) is 20.8 Å². The molecule has 0 heterocycles. The maximum Gasteiger partial charge on any atom is 0.224 e. The van der Waals surface area contributed by atoms with Crippen molar-refractivity contribution in [3.05, 3.63) is 0 Å². The van der Waals surface area contributed by atoms with Crippen LogP contribution in [0.2, 0.25) is 0 Å². The summed E-state index contributed by atoms with van der Waals surface area (Å²) in [6.45, 7) is 6.49. The molecule has 0 rings (SSSR count). The Morgan fingerprint density at radius 3 is 2.36 bits per heavy atom. The number of nitrogens with two attached hydrogens (primary N) is 1. The van der Waals surface area contributed by atoms with Crippen LogP contribution in [-0.4, -0.2) is 30.5 Å². The molecule has 0 aliphatic rings. The number of hydrogen-bond acceptors (Lipinski definition) is 3. The van der Waals surface area contributed by atoms with E-state index in [-0.39, 0.29) is 17.9 Å². The number of nitrogens with one attached hydrogen (secondary N) is 1. The number of carbonyl (C=O) groups is 1. The molecule has 0 saturated carbocycles. The van der Waals surface area contributed by atoms with Gasteiger partial charge in [0.15, 0.2) is 0 Å². The first-order valence-electron chi connectivity index (χ1n) is 5.02. The fourth-order valence-corrected chi connectivity index (χ4v) is 1.91. The normalized spacial score (nSPS) is 15.3. The Kier molecular flexibility index (Phi) is 7.01. The molecule has 0 aromatic heterocycles. The van der Waals surface area contributed by atoms with Crippen molar-refractivity contribution in [2.75, 3.05) is 18.6 Å². The first-order chi connectivity index (χ1) is 6.52. The molecule has 1 amide bonds. The standard InChI is InChI=1S/C10H22N2OS/c1-7(2)9(5-11)10(13)12-8(3)6-14-4/h7-9H,5-6,11H2,1-4H3,(H,12,13). The molecular formula is C10H22N2OS. The highest BCUT2D eigenvalue weighted by atomic mass is 32.2. The molecule has 0 aromatic rings. The summed E-state index contributed by atoms with van der Waals surface area (Å²) in [5.74, 6) is 1.28. The molecule has 0 aliphatic heterocycles. The van der Waals surface area contributed by atoms with Gasteiger partial charge in [-0.05, 0) is 19.1 Å². The van der Waals surface area contributed by atoms with Crippen molar-refractivity contribution in [2.24, 2.45) is 17.6 Å². The SMILES string of the molecule is CSCC(C)NC(=O)C(CN)C(C)C. The van der Waals surface area contributed by atoms with Crippen LogP contribution in [0.15, 0.2) is 0 Å². The summed E-state index contributed by atoms with van der Waals surface area (Å²) in [6, 6.07) is 0.227. The Bertz CT molecular complexity index is 174. The molecule has 0 aromatic carbocycles. The number of rotatable bonds is 6. The zero-order chi connectivity index (χ0) is 11.1. The summed E-state index contributed by atoms with van der Waals surface area (Å²) in [7, 11) is 0. The second-order valence-electron chi connectivity index (χ2n) is 3.95. The maximum atomic E-state index is 11.7. The lowest BCUT2D eigenvalue weighted by Crippen LogP contribution is -2.42. The summed E-state index contributed by atoms with van der Waals surface area (Å²) in [4.78, 5) is 11.7. The van der Waals surface area contributed by atoms with E-state index in [4.69, 9.17) is 5.73 Å². The Labute approximate surface area is 91.2 Å². The summed E-state index contributed by atoms with van der Waals surface area (Å²) >= 11 is 1.73. The van der Waals surface area contributed by atoms with Crippen LogP contribution >= 0.6 is 11.8 Å². The first-order valence-corrected chi connectivity index (χ1v) is 6.41. The summed E-state index contributed by atoms with van der Waals surface area (Å²) in [5, 5.41) is 2.97.